The zero-order chi connectivity index (χ0) is 13.8. The van der Waals surface area contributed by atoms with Gasteiger partial charge in [0.15, 0.2) is 0 Å². The van der Waals surface area contributed by atoms with Crippen LogP contribution in [0.2, 0.25) is 0 Å². The molecule has 0 bridgehead atoms. The zero-order valence-electron chi connectivity index (χ0n) is 9.95. The Hall–Kier alpha value is -2.60. The van der Waals surface area contributed by atoms with Crippen LogP contribution in [0.3, 0.4) is 0 Å². The van der Waals surface area contributed by atoms with Gasteiger partial charge in [0.05, 0.1) is 11.5 Å². The molecule has 0 saturated carbocycles. The minimum Gasteiger partial charge on any atom is -0.450 e. The molecule has 0 fully saturated rings. The molecule has 6 heteroatoms. The number of nitrogens with zero attached hydrogens (tertiary/aromatic N) is 1. The molecule has 0 saturated heterocycles. The number of hydrogen-bond acceptors (Lipinski definition) is 5. The van der Waals surface area contributed by atoms with Gasteiger partial charge in [0.1, 0.15) is 11.4 Å². The predicted molar refractivity (Wildman–Crippen MR) is 69.9 cm³/mol. The second-order valence-electron chi connectivity index (χ2n) is 3.86. The standard InChI is InChI=1S/C13H12N2O4/c14-11-5-2-6-12(13(11)15(17)18)19-10-4-1-3-9(7-10)8-16/h1-7,16H,8,14H2. The zero-order valence-corrected chi connectivity index (χ0v) is 9.95. The quantitative estimate of drug-likeness (QED) is 0.499. The van der Waals surface area contributed by atoms with Gasteiger partial charge in [0, 0.05) is 0 Å². The average molecular weight is 260 g/mol. The number of hydrogen-bond donors (Lipinski definition) is 2. The summed E-state index contributed by atoms with van der Waals surface area (Å²) in [6.45, 7) is -0.129. The van der Waals surface area contributed by atoms with E-state index in [2.05, 4.69) is 0 Å². The van der Waals surface area contributed by atoms with Crippen LogP contribution in [0.5, 0.6) is 11.5 Å². The summed E-state index contributed by atoms with van der Waals surface area (Å²) < 4.78 is 5.46. The van der Waals surface area contributed by atoms with Crippen LogP contribution >= 0.6 is 0 Å². The van der Waals surface area contributed by atoms with Crippen molar-refractivity contribution in [2.75, 3.05) is 5.73 Å². The summed E-state index contributed by atoms with van der Waals surface area (Å²) in [5.74, 6) is 0.473. The fourth-order valence-electron chi connectivity index (χ4n) is 1.65. The molecule has 0 atom stereocenters. The number of ether oxygens (including phenoxy) is 1. The lowest BCUT2D eigenvalue weighted by atomic mass is 10.2. The number of nitro benzene ring substituents is 1. The Morgan fingerprint density at radius 1 is 1.26 bits per heavy atom. The van der Waals surface area contributed by atoms with Gasteiger partial charge in [0.2, 0.25) is 5.75 Å². The smallest absolute Gasteiger partial charge is 0.334 e. The summed E-state index contributed by atoms with van der Waals surface area (Å²) in [5, 5.41) is 20.0. The van der Waals surface area contributed by atoms with Crippen LogP contribution in [-0.4, -0.2) is 10.0 Å². The second kappa shape index (κ2) is 5.36. The molecule has 2 aromatic rings. The maximum absolute atomic E-state index is 11.0. The summed E-state index contributed by atoms with van der Waals surface area (Å²) in [4.78, 5) is 10.4. The third-order valence-corrected chi connectivity index (χ3v) is 2.52. The van der Waals surface area contributed by atoms with Gasteiger partial charge in [-0.25, -0.2) is 0 Å². The largest absolute Gasteiger partial charge is 0.450 e. The van der Waals surface area contributed by atoms with E-state index in [0.29, 0.717) is 11.3 Å². The van der Waals surface area contributed by atoms with E-state index >= 15 is 0 Å². The maximum Gasteiger partial charge on any atom is 0.334 e. The number of nitrogens with two attached hydrogens (primary N) is 1. The molecule has 0 aliphatic heterocycles. The number of para-hydroxylation sites is 1. The highest BCUT2D eigenvalue weighted by Crippen LogP contribution is 2.35. The number of rotatable bonds is 4. The van der Waals surface area contributed by atoms with Crippen LogP contribution in [-0.2, 0) is 6.61 Å². The molecule has 0 unspecified atom stereocenters. The van der Waals surface area contributed by atoms with Crippen LogP contribution in [0.1, 0.15) is 5.56 Å². The molecule has 0 aromatic heterocycles. The lowest BCUT2D eigenvalue weighted by Crippen LogP contribution is -1.98. The Morgan fingerprint density at radius 2 is 2.00 bits per heavy atom. The molecule has 6 nitrogen and oxygen atoms in total. The molecule has 2 rings (SSSR count). The third kappa shape index (κ3) is 2.80. The van der Waals surface area contributed by atoms with Gasteiger partial charge < -0.3 is 15.6 Å². The van der Waals surface area contributed by atoms with Crippen molar-refractivity contribution in [1.29, 1.82) is 0 Å². The summed E-state index contributed by atoms with van der Waals surface area (Å²) in [7, 11) is 0. The van der Waals surface area contributed by atoms with E-state index in [1.165, 1.54) is 12.1 Å². The molecule has 0 amide bonds. The number of nitro groups is 1. The van der Waals surface area contributed by atoms with E-state index in [1.54, 1.807) is 30.3 Å². The molecule has 0 radical (unpaired) electrons. The van der Waals surface area contributed by atoms with Crippen molar-refractivity contribution in [2.24, 2.45) is 0 Å². The first-order valence-electron chi connectivity index (χ1n) is 5.52. The summed E-state index contributed by atoms with van der Waals surface area (Å²) >= 11 is 0. The molecule has 98 valence electrons. The number of aliphatic hydroxyl groups excluding tert-OH is 1. The van der Waals surface area contributed by atoms with Gasteiger partial charge in [0.25, 0.3) is 0 Å². The average Bonchev–Trinajstić information content (AvgIpc) is 2.38. The minimum atomic E-state index is -0.583. The fourth-order valence-corrected chi connectivity index (χ4v) is 1.65. The molecular weight excluding hydrogens is 248 g/mol. The van der Waals surface area contributed by atoms with Crippen LogP contribution in [0.4, 0.5) is 11.4 Å². The van der Waals surface area contributed by atoms with Crippen molar-refractivity contribution in [1.82, 2.24) is 0 Å². The van der Waals surface area contributed by atoms with Crippen molar-refractivity contribution in [2.45, 2.75) is 6.61 Å². The molecule has 19 heavy (non-hydrogen) atoms. The van der Waals surface area contributed by atoms with Gasteiger partial charge >= 0.3 is 5.69 Å². The molecule has 3 N–H and O–H groups in total. The first-order chi connectivity index (χ1) is 9.11. The number of benzene rings is 2. The highest BCUT2D eigenvalue weighted by molar-refractivity contribution is 5.66. The third-order valence-electron chi connectivity index (χ3n) is 2.52. The fraction of sp³-hybridized carbons (Fsp3) is 0.0769. The van der Waals surface area contributed by atoms with E-state index < -0.39 is 4.92 Å². The van der Waals surface area contributed by atoms with E-state index in [1.807, 2.05) is 0 Å². The Kier molecular flexibility index (Phi) is 3.63. The molecule has 2 aromatic carbocycles. The number of anilines is 1. The molecule has 0 aliphatic carbocycles. The van der Waals surface area contributed by atoms with Gasteiger partial charge in [-0.15, -0.1) is 0 Å². The highest BCUT2D eigenvalue weighted by Gasteiger charge is 2.19. The van der Waals surface area contributed by atoms with Crippen molar-refractivity contribution in [3.05, 3.63) is 58.1 Å². The van der Waals surface area contributed by atoms with Crippen LogP contribution < -0.4 is 10.5 Å². The normalized spacial score (nSPS) is 10.2. The van der Waals surface area contributed by atoms with E-state index in [0.717, 1.165) is 0 Å². The van der Waals surface area contributed by atoms with Crippen LogP contribution in [0, 0.1) is 10.1 Å². The summed E-state index contributed by atoms with van der Waals surface area (Å²) in [5.41, 5.74) is 6.00. The van der Waals surface area contributed by atoms with E-state index in [9.17, 15) is 10.1 Å². The van der Waals surface area contributed by atoms with Gasteiger partial charge in [-0.1, -0.05) is 18.2 Å². The highest BCUT2D eigenvalue weighted by atomic mass is 16.6. The van der Waals surface area contributed by atoms with Crippen LogP contribution in [0.15, 0.2) is 42.5 Å². The maximum atomic E-state index is 11.0. The SMILES string of the molecule is Nc1cccc(Oc2cccc(CO)c2)c1[N+](=O)[O-]. The molecule has 0 heterocycles. The molecule has 0 aliphatic rings. The van der Waals surface area contributed by atoms with Crippen molar-refractivity contribution in [3.63, 3.8) is 0 Å². The van der Waals surface area contributed by atoms with E-state index in [4.69, 9.17) is 15.6 Å². The number of nitrogen functional groups attached to an aromatic ring is 1. The Balaban J connectivity index is 2.38. The first kappa shape index (κ1) is 12.8. The van der Waals surface area contributed by atoms with E-state index in [-0.39, 0.29) is 23.7 Å². The monoisotopic (exact) mass is 260 g/mol. The Labute approximate surface area is 109 Å². The van der Waals surface area contributed by atoms with Crippen molar-refractivity contribution in [3.8, 4) is 11.5 Å². The lowest BCUT2D eigenvalue weighted by molar-refractivity contribution is -0.384. The van der Waals surface area contributed by atoms with Crippen molar-refractivity contribution < 1.29 is 14.8 Å². The molecular formula is C13H12N2O4. The van der Waals surface area contributed by atoms with Gasteiger partial charge in [-0.3, -0.25) is 10.1 Å². The minimum absolute atomic E-state index is 0.0424. The Bertz CT molecular complexity index is 613. The van der Waals surface area contributed by atoms with Gasteiger partial charge in [-0.05, 0) is 29.8 Å². The molecule has 0 spiro atoms. The lowest BCUT2D eigenvalue weighted by Gasteiger charge is -2.08. The summed E-state index contributed by atoms with van der Waals surface area (Å²) in [6.07, 6.45) is 0. The van der Waals surface area contributed by atoms with Gasteiger partial charge in [-0.2, -0.15) is 0 Å². The summed E-state index contributed by atoms with van der Waals surface area (Å²) in [6, 6.07) is 11.2. The van der Waals surface area contributed by atoms with Crippen molar-refractivity contribution >= 4 is 11.4 Å². The number of aliphatic hydroxyl groups is 1. The Morgan fingerprint density at radius 3 is 2.68 bits per heavy atom. The second-order valence-corrected chi connectivity index (χ2v) is 3.86. The first-order valence-corrected chi connectivity index (χ1v) is 5.52. The van der Waals surface area contributed by atoms with Crippen LogP contribution in [0.25, 0.3) is 0 Å². The predicted octanol–water partition coefficient (Wildman–Crippen LogP) is 2.46. The topological polar surface area (TPSA) is 98.6 Å².